The van der Waals surface area contributed by atoms with E-state index in [0.717, 1.165) is 29.8 Å². The van der Waals surface area contributed by atoms with Gasteiger partial charge in [0.25, 0.3) is 0 Å². The fourth-order valence-corrected chi connectivity index (χ4v) is 1.76. The summed E-state index contributed by atoms with van der Waals surface area (Å²) >= 11 is 0. The van der Waals surface area contributed by atoms with Crippen molar-refractivity contribution in [1.29, 1.82) is 0 Å². The summed E-state index contributed by atoms with van der Waals surface area (Å²) in [5.74, 6) is 0.118. The number of benzene rings is 1. The molecule has 1 aromatic rings. The number of amides is 1. The van der Waals surface area contributed by atoms with Crippen molar-refractivity contribution in [2.24, 2.45) is 0 Å². The number of carbonyl (C=O) groups is 1. The van der Waals surface area contributed by atoms with Crippen molar-refractivity contribution in [3.8, 4) is 0 Å². The molecule has 1 amide bonds. The number of para-hydroxylation sites is 1. The van der Waals surface area contributed by atoms with Crippen molar-refractivity contribution in [3.05, 3.63) is 23.8 Å². The normalized spacial score (nSPS) is 14.4. The highest BCUT2D eigenvalue weighted by Crippen LogP contribution is 2.22. The number of aryl methyl sites for hydroxylation is 1. The Hall–Kier alpha value is -1.71. The predicted octanol–water partition coefficient (Wildman–Crippen LogP) is 1.66. The van der Waals surface area contributed by atoms with E-state index < -0.39 is 0 Å². The van der Waals surface area contributed by atoms with Gasteiger partial charge in [-0.1, -0.05) is 12.1 Å². The van der Waals surface area contributed by atoms with Gasteiger partial charge >= 0.3 is 0 Å². The number of rotatable bonds is 5. The minimum absolute atomic E-state index is 0.118. The number of nitrogens with two attached hydrogens (primary N) is 1. The molecule has 0 radical (unpaired) electrons. The van der Waals surface area contributed by atoms with Crippen molar-refractivity contribution >= 4 is 17.3 Å². The maximum absolute atomic E-state index is 11.5. The highest BCUT2D eigenvalue weighted by atomic mass is 16.1. The molecule has 0 aliphatic heterocycles. The van der Waals surface area contributed by atoms with Gasteiger partial charge in [-0.2, -0.15) is 0 Å². The third kappa shape index (κ3) is 3.37. The molecule has 0 atom stereocenters. The second-order valence-electron chi connectivity index (χ2n) is 4.56. The zero-order valence-corrected chi connectivity index (χ0v) is 10.1. The predicted molar refractivity (Wildman–Crippen MR) is 69.9 cm³/mol. The number of anilines is 2. The number of hydrogen-bond acceptors (Lipinski definition) is 3. The van der Waals surface area contributed by atoms with Gasteiger partial charge in [0.2, 0.25) is 5.91 Å². The SMILES string of the molecule is Cc1cccc(N)c1NCCC(=O)NC1CC1. The lowest BCUT2D eigenvalue weighted by Gasteiger charge is -2.12. The van der Waals surface area contributed by atoms with E-state index in [2.05, 4.69) is 10.6 Å². The monoisotopic (exact) mass is 233 g/mol. The fourth-order valence-electron chi connectivity index (χ4n) is 1.76. The first-order valence-electron chi connectivity index (χ1n) is 6.05. The number of nitrogens with one attached hydrogen (secondary N) is 2. The summed E-state index contributed by atoms with van der Waals surface area (Å²) in [4.78, 5) is 11.5. The first kappa shape index (κ1) is 11.8. The largest absolute Gasteiger partial charge is 0.397 e. The van der Waals surface area contributed by atoms with Crippen LogP contribution in [0.2, 0.25) is 0 Å². The Balaban J connectivity index is 1.79. The summed E-state index contributed by atoms with van der Waals surface area (Å²) in [5, 5.41) is 6.18. The van der Waals surface area contributed by atoms with Gasteiger partial charge in [-0.25, -0.2) is 0 Å². The van der Waals surface area contributed by atoms with Gasteiger partial charge in [-0.3, -0.25) is 4.79 Å². The van der Waals surface area contributed by atoms with Gasteiger partial charge < -0.3 is 16.4 Å². The second kappa shape index (κ2) is 5.08. The van der Waals surface area contributed by atoms with Crippen LogP contribution in [0, 0.1) is 6.92 Å². The van der Waals surface area contributed by atoms with Gasteiger partial charge in [0.1, 0.15) is 0 Å². The smallest absolute Gasteiger partial charge is 0.221 e. The summed E-state index contributed by atoms with van der Waals surface area (Å²) in [5.41, 5.74) is 8.64. The first-order valence-corrected chi connectivity index (χ1v) is 6.05. The Morgan fingerprint density at radius 2 is 2.24 bits per heavy atom. The quantitative estimate of drug-likeness (QED) is 0.677. The molecule has 4 heteroatoms. The van der Waals surface area contributed by atoms with Crippen LogP contribution < -0.4 is 16.4 Å². The molecule has 92 valence electrons. The number of carbonyl (C=O) groups excluding carboxylic acids is 1. The van der Waals surface area contributed by atoms with Crippen LogP contribution in [0.25, 0.3) is 0 Å². The standard InChI is InChI=1S/C13H19N3O/c1-9-3-2-4-11(14)13(9)15-8-7-12(17)16-10-5-6-10/h2-4,10,15H,5-8,14H2,1H3,(H,16,17). The van der Waals surface area contributed by atoms with E-state index in [4.69, 9.17) is 5.73 Å². The van der Waals surface area contributed by atoms with Crippen LogP contribution in [0.15, 0.2) is 18.2 Å². The van der Waals surface area contributed by atoms with E-state index in [1.54, 1.807) is 0 Å². The van der Waals surface area contributed by atoms with Crippen LogP contribution in [0.4, 0.5) is 11.4 Å². The molecule has 1 fully saturated rings. The molecule has 1 aliphatic carbocycles. The molecule has 0 saturated heterocycles. The van der Waals surface area contributed by atoms with E-state index in [0.29, 0.717) is 19.0 Å². The Labute approximate surface area is 102 Å². The minimum Gasteiger partial charge on any atom is -0.397 e. The van der Waals surface area contributed by atoms with Crippen LogP contribution in [-0.2, 0) is 4.79 Å². The molecule has 2 rings (SSSR count). The average Bonchev–Trinajstić information content (AvgIpc) is 3.06. The number of hydrogen-bond donors (Lipinski definition) is 3. The van der Waals surface area contributed by atoms with Crippen molar-refractivity contribution in [2.75, 3.05) is 17.6 Å². The highest BCUT2D eigenvalue weighted by molar-refractivity contribution is 5.77. The lowest BCUT2D eigenvalue weighted by molar-refractivity contribution is -0.120. The molecule has 1 saturated carbocycles. The van der Waals surface area contributed by atoms with Gasteiger partial charge in [0, 0.05) is 19.0 Å². The molecule has 1 aromatic carbocycles. The Bertz CT molecular complexity index is 393. The summed E-state index contributed by atoms with van der Waals surface area (Å²) in [6.07, 6.45) is 2.75. The third-order valence-electron chi connectivity index (χ3n) is 2.90. The van der Waals surface area contributed by atoms with Crippen molar-refractivity contribution in [3.63, 3.8) is 0 Å². The van der Waals surface area contributed by atoms with Crippen LogP contribution in [0.1, 0.15) is 24.8 Å². The third-order valence-corrected chi connectivity index (χ3v) is 2.90. The average molecular weight is 233 g/mol. The number of nitrogen functional groups attached to an aromatic ring is 1. The molecule has 0 spiro atoms. The van der Waals surface area contributed by atoms with Gasteiger partial charge in [-0.15, -0.1) is 0 Å². The Morgan fingerprint density at radius 3 is 2.88 bits per heavy atom. The van der Waals surface area contributed by atoms with Crippen molar-refractivity contribution < 1.29 is 4.79 Å². The zero-order chi connectivity index (χ0) is 12.3. The molecule has 1 aliphatic rings. The fraction of sp³-hybridized carbons (Fsp3) is 0.462. The highest BCUT2D eigenvalue weighted by Gasteiger charge is 2.22. The molecule has 0 aromatic heterocycles. The Kier molecular flexibility index (Phi) is 3.52. The molecule has 17 heavy (non-hydrogen) atoms. The maximum Gasteiger partial charge on any atom is 0.221 e. The topological polar surface area (TPSA) is 67.1 Å². The van der Waals surface area contributed by atoms with Crippen LogP contribution >= 0.6 is 0 Å². The first-order chi connectivity index (χ1) is 8.16. The molecule has 0 heterocycles. The van der Waals surface area contributed by atoms with E-state index in [1.165, 1.54) is 0 Å². The summed E-state index contributed by atoms with van der Waals surface area (Å²) in [6, 6.07) is 6.23. The summed E-state index contributed by atoms with van der Waals surface area (Å²) in [6.45, 7) is 2.62. The molecular formula is C13H19N3O. The zero-order valence-electron chi connectivity index (χ0n) is 10.1. The molecule has 0 bridgehead atoms. The van der Waals surface area contributed by atoms with Crippen LogP contribution in [-0.4, -0.2) is 18.5 Å². The Morgan fingerprint density at radius 1 is 1.47 bits per heavy atom. The van der Waals surface area contributed by atoms with E-state index in [-0.39, 0.29) is 5.91 Å². The minimum atomic E-state index is 0.118. The maximum atomic E-state index is 11.5. The van der Waals surface area contributed by atoms with E-state index >= 15 is 0 Å². The van der Waals surface area contributed by atoms with Gasteiger partial charge in [0.15, 0.2) is 0 Å². The lowest BCUT2D eigenvalue weighted by atomic mass is 10.1. The lowest BCUT2D eigenvalue weighted by Crippen LogP contribution is -2.27. The van der Waals surface area contributed by atoms with Gasteiger partial charge in [0.05, 0.1) is 11.4 Å². The van der Waals surface area contributed by atoms with E-state index in [1.807, 2.05) is 25.1 Å². The molecular weight excluding hydrogens is 214 g/mol. The second-order valence-corrected chi connectivity index (χ2v) is 4.56. The van der Waals surface area contributed by atoms with E-state index in [9.17, 15) is 4.79 Å². The van der Waals surface area contributed by atoms with Crippen molar-refractivity contribution in [2.45, 2.75) is 32.2 Å². The summed E-state index contributed by atoms with van der Waals surface area (Å²) in [7, 11) is 0. The van der Waals surface area contributed by atoms with Gasteiger partial charge in [-0.05, 0) is 31.4 Å². The molecule has 0 unspecified atom stereocenters. The summed E-state index contributed by atoms with van der Waals surface area (Å²) < 4.78 is 0. The van der Waals surface area contributed by atoms with Crippen molar-refractivity contribution in [1.82, 2.24) is 5.32 Å². The molecule has 4 N–H and O–H groups in total. The van der Waals surface area contributed by atoms with Crippen LogP contribution in [0.3, 0.4) is 0 Å². The van der Waals surface area contributed by atoms with Crippen LogP contribution in [0.5, 0.6) is 0 Å². The molecule has 4 nitrogen and oxygen atoms in total.